The Bertz CT molecular complexity index is 336. The van der Waals surface area contributed by atoms with Crippen LogP contribution in [0, 0.1) is 0 Å². The average molecular weight is 315 g/mol. The first-order valence-corrected chi connectivity index (χ1v) is 8.01. The molecule has 0 amide bonds. The fraction of sp³-hybridized carbons (Fsp3) is 0.538. The van der Waals surface area contributed by atoms with Crippen LogP contribution in [-0.2, 0) is 0 Å². The van der Waals surface area contributed by atoms with E-state index in [-0.39, 0.29) is 6.04 Å². The fourth-order valence-corrected chi connectivity index (χ4v) is 3.27. The van der Waals surface area contributed by atoms with E-state index >= 15 is 0 Å². The monoisotopic (exact) mass is 314 g/mol. The SMILES string of the molecule is NC(CCN1CCSCC1)c1ccc(Br)cc1. The molecule has 0 spiro atoms. The van der Waals surface area contributed by atoms with Crippen molar-refractivity contribution >= 4 is 27.7 Å². The summed E-state index contributed by atoms with van der Waals surface area (Å²) < 4.78 is 1.11. The standard InChI is InChI=1S/C13H19BrN2S/c14-12-3-1-11(2-4-12)13(15)5-6-16-7-9-17-10-8-16/h1-4,13H,5-10,15H2. The van der Waals surface area contributed by atoms with Crippen LogP contribution in [-0.4, -0.2) is 36.0 Å². The molecule has 1 atom stereocenters. The largest absolute Gasteiger partial charge is 0.324 e. The lowest BCUT2D eigenvalue weighted by Crippen LogP contribution is -2.34. The van der Waals surface area contributed by atoms with Gasteiger partial charge in [-0.25, -0.2) is 0 Å². The zero-order valence-electron chi connectivity index (χ0n) is 9.94. The zero-order chi connectivity index (χ0) is 12.1. The summed E-state index contributed by atoms with van der Waals surface area (Å²) >= 11 is 5.50. The van der Waals surface area contributed by atoms with Crippen molar-refractivity contribution in [1.82, 2.24) is 4.90 Å². The van der Waals surface area contributed by atoms with Crippen molar-refractivity contribution in [3.8, 4) is 0 Å². The van der Waals surface area contributed by atoms with E-state index < -0.39 is 0 Å². The van der Waals surface area contributed by atoms with E-state index in [0.717, 1.165) is 17.4 Å². The van der Waals surface area contributed by atoms with Gasteiger partial charge >= 0.3 is 0 Å². The van der Waals surface area contributed by atoms with E-state index in [1.165, 1.54) is 30.2 Å². The summed E-state index contributed by atoms with van der Waals surface area (Å²) in [6.07, 6.45) is 1.05. The summed E-state index contributed by atoms with van der Waals surface area (Å²) in [5.41, 5.74) is 7.45. The molecule has 1 saturated heterocycles. The first-order chi connectivity index (χ1) is 8.25. The van der Waals surface area contributed by atoms with Gasteiger partial charge in [0.15, 0.2) is 0 Å². The lowest BCUT2D eigenvalue weighted by Gasteiger charge is -2.27. The highest BCUT2D eigenvalue weighted by Crippen LogP contribution is 2.18. The first kappa shape index (κ1) is 13.4. The molecule has 2 N–H and O–H groups in total. The Morgan fingerprint density at radius 1 is 1.24 bits per heavy atom. The number of thioether (sulfide) groups is 1. The third-order valence-corrected chi connectivity index (χ3v) is 4.63. The van der Waals surface area contributed by atoms with Gasteiger partial charge in [-0.05, 0) is 24.1 Å². The molecule has 2 rings (SSSR count). The Labute approximate surface area is 116 Å². The van der Waals surface area contributed by atoms with Crippen molar-refractivity contribution in [3.05, 3.63) is 34.3 Å². The van der Waals surface area contributed by atoms with Gasteiger partial charge in [-0.2, -0.15) is 11.8 Å². The molecule has 1 heterocycles. The van der Waals surface area contributed by atoms with Gasteiger partial charge in [-0.1, -0.05) is 28.1 Å². The number of hydrogen-bond donors (Lipinski definition) is 1. The van der Waals surface area contributed by atoms with Gasteiger partial charge < -0.3 is 10.6 Å². The predicted molar refractivity (Wildman–Crippen MR) is 79.5 cm³/mol. The van der Waals surface area contributed by atoms with Crippen molar-refractivity contribution in [1.29, 1.82) is 0 Å². The maximum absolute atomic E-state index is 6.22. The van der Waals surface area contributed by atoms with Gasteiger partial charge in [-0.15, -0.1) is 0 Å². The molecule has 94 valence electrons. The zero-order valence-corrected chi connectivity index (χ0v) is 12.3. The highest BCUT2D eigenvalue weighted by molar-refractivity contribution is 9.10. The third kappa shape index (κ3) is 4.28. The minimum atomic E-state index is 0.165. The molecule has 0 aromatic heterocycles. The summed E-state index contributed by atoms with van der Waals surface area (Å²) in [4.78, 5) is 2.52. The molecule has 1 aliphatic heterocycles. The summed E-state index contributed by atoms with van der Waals surface area (Å²) in [5, 5.41) is 0. The number of hydrogen-bond acceptors (Lipinski definition) is 3. The van der Waals surface area contributed by atoms with Crippen LogP contribution in [0.3, 0.4) is 0 Å². The normalized spacial score (nSPS) is 19.2. The molecule has 0 saturated carbocycles. The lowest BCUT2D eigenvalue weighted by molar-refractivity contribution is 0.289. The fourth-order valence-electron chi connectivity index (χ4n) is 2.02. The van der Waals surface area contributed by atoms with E-state index in [9.17, 15) is 0 Å². The highest BCUT2D eigenvalue weighted by atomic mass is 79.9. The number of rotatable bonds is 4. The van der Waals surface area contributed by atoms with Crippen LogP contribution in [0.4, 0.5) is 0 Å². The second-order valence-corrected chi connectivity index (χ2v) is 6.54. The van der Waals surface area contributed by atoms with Gasteiger partial charge in [0.25, 0.3) is 0 Å². The van der Waals surface area contributed by atoms with Crippen LogP contribution in [0.25, 0.3) is 0 Å². The van der Waals surface area contributed by atoms with E-state index in [1.807, 2.05) is 0 Å². The number of halogens is 1. The molecule has 1 aromatic carbocycles. The van der Waals surface area contributed by atoms with E-state index in [2.05, 4.69) is 56.9 Å². The van der Waals surface area contributed by atoms with Gasteiger partial charge in [-0.3, -0.25) is 0 Å². The Morgan fingerprint density at radius 3 is 2.53 bits per heavy atom. The van der Waals surface area contributed by atoms with Crippen molar-refractivity contribution in [2.24, 2.45) is 5.73 Å². The Balaban J connectivity index is 1.80. The first-order valence-electron chi connectivity index (χ1n) is 6.07. The number of nitrogens with zero attached hydrogens (tertiary/aromatic N) is 1. The van der Waals surface area contributed by atoms with Gasteiger partial charge in [0.05, 0.1) is 0 Å². The molecule has 0 aliphatic carbocycles. The van der Waals surface area contributed by atoms with Crippen molar-refractivity contribution in [2.75, 3.05) is 31.1 Å². The van der Waals surface area contributed by atoms with E-state index in [1.54, 1.807) is 0 Å². The third-order valence-electron chi connectivity index (χ3n) is 3.16. The van der Waals surface area contributed by atoms with E-state index in [0.29, 0.717) is 0 Å². The molecule has 0 bridgehead atoms. The van der Waals surface area contributed by atoms with Crippen molar-refractivity contribution < 1.29 is 0 Å². The van der Waals surface area contributed by atoms with Gasteiger partial charge in [0.2, 0.25) is 0 Å². The van der Waals surface area contributed by atoms with Crippen molar-refractivity contribution in [3.63, 3.8) is 0 Å². The molecule has 4 heteroatoms. The maximum Gasteiger partial charge on any atom is 0.0307 e. The second-order valence-electron chi connectivity index (χ2n) is 4.40. The molecule has 1 aliphatic rings. The molecule has 1 unspecified atom stereocenters. The van der Waals surface area contributed by atoms with Crippen molar-refractivity contribution in [2.45, 2.75) is 12.5 Å². The molecule has 1 aromatic rings. The smallest absolute Gasteiger partial charge is 0.0307 e. The van der Waals surface area contributed by atoms with Crippen LogP contribution in [0.5, 0.6) is 0 Å². The second kappa shape index (κ2) is 6.78. The van der Waals surface area contributed by atoms with Gasteiger partial charge in [0.1, 0.15) is 0 Å². The number of benzene rings is 1. The quantitative estimate of drug-likeness (QED) is 0.926. The molecular weight excluding hydrogens is 296 g/mol. The molecule has 17 heavy (non-hydrogen) atoms. The summed E-state index contributed by atoms with van der Waals surface area (Å²) in [6.45, 7) is 3.56. The maximum atomic E-state index is 6.22. The van der Waals surface area contributed by atoms with Crippen LogP contribution >= 0.6 is 27.7 Å². The Morgan fingerprint density at radius 2 is 1.88 bits per heavy atom. The average Bonchev–Trinajstić information content (AvgIpc) is 2.38. The van der Waals surface area contributed by atoms with E-state index in [4.69, 9.17) is 5.73 Å². The van der Waals surface area contributed by atoms with Crippen LogP contribution < -0.4 is 5.73 Å². The highest BCUT2D eigenvalue weighted by Gasteiger charge is 2.12. The summed E-state index contributed by atoms with van der Waals surface area (Å²) in [7, 11) is 0. The summed E-state index contributed by atoms with van der Waals surface area (Å²) in [6, 6.07) is 8.51. The Hall–Kier alpha value is -0.0300. The lowest BCUT2D eigenvalue weighted by atomic mass is 10.0. The number of nitrogens with two attached hydrogens (primary N) is 1. The van der Waals surface area contributed by atoms with Crippen LogP contribution in [0.15, 0.2) is 28.7 Å². The van der Waals surface area contributed by atoms with Gasteiger partial charge in [0, 0.05) is 41.7 Å². The molecule has 1 fully saturated rings. The molecule has 2 nitrogen and oxygen atoms in total. The topological polar surface area (TPSA) is 29.3 Å². The summed E-state index contributed by atoms with van der Waals surface area (Å²) in [5.74, 6) is 2.54. The minimum Gasteiger partial charge on any atom is -0.324 e. The Kier molecular flexibility index (Phi) is 5.35. The minimum absolute atomic E-state index is 0.165. The van der Waals surface area contributed by atoms with Crippen LogP contribution in [0.2, 0.25) is 0 Å². The predicted octanol–water partition coefficient (Wildman–Crippen LogP) is 2.89. The molecular formula is C13H19BrN2S. The molecule has 0 radical (unpaired) electrons. The van der Waals surface area contributed by atoms with Crippen LogP contribution in [0.1, 0.15) is 18.0 Å².